The normalized spacial score (nSPS) is 10.4. The van der Waals surface area contributed by atoms with Crippen molar-refractivity contribution < 1.29 is 0 Å². The number of hydrogen-bond acceptors (Lipinski definition) is 5. The monoisotopic (exact) mass is 228 g/mol. The van der Waals surface area contributed by atoms with Crippen LogP contribution < -0.4 is 5.43 Å². The van der Waals surface area contributed by atoms with E-state index in [9.17, 15) is 0 Å². The fraction of sp³-hybridized carbons (Fsp3) is 0.375. The molecule has 0 bridgehead atoms. The van der Waals surface area contributed by atoms with E-state index < -0.39 is 0 Å². The lowest BCUT2D eigenvalue weighted by molar-refractivity contribution is 0.493. The van der Waals surface area contributed by atoms with Crippen LogP contribution in [0.3, 0.4) is 0 Å². The Kier molecular flexibility index (Phi) is 3.43. The molecular weight excluding hydrogens is 216 g/mol. The van der Waals surface area contributed by atoms with Gasteiger partial charge >= 0.3 is 0 Å². The van der Waals surface area contributed by atoms with Crippen LogP contribution in [0.4, 0.5) is 5.82 Å². The van der Waals surface area contributed by atoms with E-state index in [0.717, 1.165) is 17.0 Å². The molecular formula is C8H13ClN6. The number of fused-ring (bicyclic) bond motifs is 1. The van der Waals surface area contributed by atoms with E-state index in [1.807, 2.05) is 30.7 Å². The van der Waals surface area contributed by atoms with Gasteiger partial charge < -0.3 is 9.99 Å². The van der Waals surface area contributed by atoms with Gasteiger partial charge in [0, 0.05) is 21.1 Å². The van der Waals surface area contributed by atoms with Crippen LogP contribution in [0, 0.1) is 0 Å². The molecule has 0 spiro atoms. The Morgan fingerprint density at radius 3 is 2.67 bits per heavy atom. The molecule has 2 aromatic heterocycles. The zero-order chi connectivity index (χ0) is 10.1. The second-order valence-electron chi connectivity index (χ2n) is 3.26. The van der Waals surface area contributed by atoms with Crippen LogP contribution in [0.5, 0.6) is 0 Å². The highest BCUT2D eigenvalue weighted by Gasteiger charge is 2.07. The molecule has 0 aliphatic rings. The molecule has 0 atom stereocenters. The van der Waals surface area contributed by atoms with Crippen LogP contribution in [-0.4, -0.2) is 38.6 Å². The molecule has 7 heteroatoms. The molecule has 0 aromatic carbocycles. The minimum atomic E-state index is 0. The summed E-state index contributed by atoms with van der Waals surface area (Å²) in [6, 6.07) is 0. The largest absolute Gasteiger partial charge is 0.318 e. The van der Waals surface area contributed by atoms with E-state index in [-0.39, 0.29) is 12.4 Å². The predicted molar refractivity (Wildman–Crippen MR) is 60.9 cm³/mol. The van der Waals surface area contributed by atoms with Crippen molar-refractivity contribution in [2.75, 3.05) is 19.5 Å². The Balaban J connectivity index is 0.00000112. The number of hydrogen-bond donors (Lipinski definition) is 1. The summed E-state index contributed by atoms with van der Waals surface area (Å²) in [6.07, 6.45) is 3.25. The first-order chi connectivity index (χ1) is 6.68. The van der Waals surface area contributed by atoms with Gasteiger partial charge in [-0.1, -0.05) is 0 Å². The molecule has 0 unspecified atom stereocenters. The third-order valence-electron chi connectivity index (χ3n) is 1.83. The number of nitrogens with one attached hydrogen (secondary N) is 1. The van der Waals surface area contributed by atoms with Crippen molar-refractivity contribution >= 4 is 29.4 Å². The quantitative estimate of drug-likeness (QED) is 0.766. The zero-order valence-electron chi connectivity index (χ0n) is 8.80. The standard InChI is InChI=1S/C8H12N6.ClH/c1-13(2)12-7-6-8(10-4-9-7)14(3)5-11-6;/h4-5H,1-3H3,(H,9,10,12);1H. The highest BCUT2D eigenvalue weighted by atomic mass is 35.5. The van der Waals surface area contributed by atoms with Gasteiger partial charge in [-0.2, -0.15) is 0 Å². The van der Waals surface area contributed by atoms with Crippen LogP contribution in [0.2, 0.25) is 0 Å². The van der Waals surface area contributed by atoms with Gasteiger partial charge in [0.15, 0.2) is 17.0 Å². The Bertz CT molecular complexity index is 451. The molecule has 0 fully saturated rings. The zero-order valence-corrected chi connectivity index (χ0v) is 9.62. The summed E-state index contributed by atoms with van der Waals surface area (Å²) in [4.78, 5) is 12.5. The second kappa shape index (κ2) is 4.41. The molecule has 82 valence electrons. The van der Waals surface area contributed by atoms with E-state index >= 15 is 0 Å². The van der Waals surface area contributed by atoms with Crippen molar-refractivity contribution in [3.63, 3.8) is 0 Å². The first-order valence-corrected chi connectivity index (χ1v) is 4.24. The van der Waals surface area contributed by atoms with E-state index in [2.05, 4.69) is 20.4 Å². The number of anilines is 1. The third kappa shape index (κ3) is 2.16. The molecule has 6 nitrogen and oxygen atoms in total. The minimum Gasteiger partial charge on any atom is -0.318 e. The SMILES string of the molecule is CN(C)Nc1ncnc2c1ncn2C.Cl. The van der Waals surface area contributed by atoms with E-state index in [1.165, 1.54) is 6.33 Å². The highest BCUT2D eigenvalue weighted by Crippen LogP contribution is 2.15. The summed E-state index contributed by atoms with van der Waals surface area (Å²) < 4.78 is 1.86. The minimum absolute atomic E-state index is 0. The molecule has 1 N–H and O–H groups in total. The van der Waals surface area contributed by atoms with Gasteiger partial charge in [-0.25, -0.2) is 20.0 Å². The Morgan fingerprint density at radius 2 is 2.00 bits per heavy atom. The highest BCUT2D eigenvalue weighted by molar-refractivity contribution is 5.85. The Labute approximate surface area is 93.7 Å². The van der Waals surface area contributed by atoms with Crippen molar-refractivity contribution in [3.8, 4) is 0 Å². The van der Waals surface area contributed by atoms with Crippen molar-refractivity contribution in [2.45, 2.75) is 0 Å². The predicted octanol–water partition coefficient (Wildman–Crippen LogP) is 0.674. The van der Waals surface area contributed by atoms with E-state index in [0.29, 0.717) is 0 Å². The molecule has 0 aliphatic heterocycles. The fourth-order valence-electron chi connectivity index (χ4n) is 1.24. The topological polar surface area (TPSA) is 58.9 Å². The number of hydrazine groups is 1. The lowest BCUT2D eigenvalue weighted by atomic mass is 10.5. The lowest BCUT2D eigenvalue weighted by Crippen LogP contribution is -2.20. The average molecular weight is 229 g/mol. The van der Waals surface area contributed by atoms with E-state index in [1.54, 1.807) is 6.33 Å². The van der Waals surface area contributed by atoms with Crippen LogP contribution in [0.25, 0.3) is 11.2 Å². The lowest BCUT2D eigenvalue weighted by Gasteiger charge is -2.11. The van der Waals surface area contributed by atoms with Crippen LogP contribution in [-0.2, 0) is 7.05 Å². The van der Waals surface area contributed by atoms with Crippen molar-refractivity contribution in [1.29, 1.82) is 0 Å². The maximum Gasteiger partial charge on any atom is 0.172 e. The molecule has 0 saturated carbocycles. The number of imidazole rings is 1. The summed E-state index contributed by atoms with van der Waals surface area (Å²) in [6.45, 7) is 0. The van der Waals surface area contributed by atoms with E-state index in [4.69, 9.17) is 0 Å². The summed E-state index contributed by atoms with van der Waals surface area (Å²) in [5.41, 5.74) is 4.67. The van der Waals surface area contributed by atoms with Gasteiger partial charge in [-0.3, -0.25) is 0 Å². The average Bonchev–Trinajstić information content (AvgIpc) is 2.49. The van der Waals surface area contributed by atoms with Gasteiger partial charge in [0.2, 0.25) is 0 Å². The number of rotatable bonds is 2. The first kappa shape index (κ1) is 11.7. The summed E-state index contributed by atoms with van der Waals surface area (Å²) in [5, 5.41) is 1.82. The molecule has 0 saturated heterocycles. The number of halogens is 1. The number of aromatic nitrogens is 4. The molecule has 0 aliphatic carbocycles. The number of aryl methyl sites for hydroxylation is 1. The molecule has 0 radical (unpaired) electrons. The van der Waals surface area contributed by atoms with Crippen LogP contribution in [0.15, 0.2) is 12.7 Å². The smallest absolute Gasteiger partial charge is 0.172 e. The van der Waals surface area contributed by atoms with Crippen molar-refractivity contribution in [2.24, 2.45) is 7.05 Å². The Morgan fingerprint density at radius 1 is 1.27 bits per heavy atom. The second-order valence-corrected chi connectivity index (χ2v) is 3.26. The third-order valence-corrected chi connectivity index (χ3v) is 1.83. The number of nitrogens with zero attached hydrogens (tertiary/aromatic N) is 5. The van der Waals surface area contributed by atoms with Gasteiger partial charge in [0.25, 0.3) is 0 Å². The first-order valence-electron chi connectivity index (χ1n) is 4.24. The summed E-state index contributed by atoms with van der Waals surface area (Å²) >= 11 is 0. The molecule has 2 rings (SSSR count). The molecule has 2 aromatic rings. The van der Waals surface area contributed by atoms with Crippen LogP contribution >= 0.6 is 12.4 Å². The maximum atomic E-state index is 4.22. The van der Waals surface area contributed by atoms with Crippen LogP contribution in [0.1, 0.15) is 0 Å². The van der Waals surface area contributed by atoms with Gasteiger partial charge in [0.05, 0.1) is 6.33 Å². The summed E-state index contributed by atoms with van der Waals surface area (Å²) in [7, 11) is 5.70. The maximum absolute atomic E-state index is 4.22. The summed E-state index contributed by atoms with van der Waals surface area (Å²) in [5.74, 6) is 0.723. The van der Waals surface area contributed by atoms with Crippen molar-refractivity contribution in [3.05, 3.63) is 12.7 Å². The van der Waals surface area contributed by atoms with Crippen molar-refractivity contribution in [1.82, 2.24) is 24.5 Å². The van der Waals surface area contributed by atoms with Gasteiger partial charge in [-0.05, 0) is 0 Å². The Hall–Kier alpha value is -1.40. The molecule has 15 heavy (non-hydrogen) atoms. The fourth-order valence-corrected chi connectivity index (χ4v) is 1.24. The molecule has 2 heterocycles. The molecule has 0 amide bonds. The van der Waals surface area contributed by atoms with Gasteiger partial charge in [0.1, 0.15) is 6.33 Å². The van der Waals surface area contributed by atoms with Gasteiger partial charge in [-0.15, -0.1) is 12.4 Å².